The van der Waals surface area contributed by atoms with Crippen LogP contribution in [0.5, 0.6) is 11.5 Å². The number of nitrogens with zero attached hydrogens (tertiary/aromatic N) is 3. The summed E-state index contributed by atoms with van der Waals surface area (Å²) in [5.74, 6) is 0.516. The molecule has 1 amide bonds. The van der Waals surface area contributed by atoms with Gasteiger partial charge in [0, 0.05) is 18.1 Å². The zero-order valence-electron chi connectivity index (χ0n) is 13.9. The number of cyclic esters (lactones) is 1. The van der Waals surface area contributed by atoms with Gasteiger partial charge in [-0.1, -0.05) is 5.21 Å². The highest BCUT2D eigenvalue weighted by molar-refractivity contribution is 5.85. The first-order chi connectivity index (χ1) is 12.1. The molecule has 3 rings (SSSR count). The lowest BCUT2D eigenvalue weighted by molar-refractivity contribution is -0.141. The SMILES string of the molecule is COc1cc(OC)cc(-c2cn(CC(=O)N[C@H]3CCOC3=O)nn2)c1. The Hall–Kier alpha value is -3.10. The van der Waals surface area contributed by atoms with E-state index in [1.807, 2.05) is 0 Å². The molecule has 0 spiro atoms. The number of ether oxygens (including phenoxy) is 3. The number of benzene rings is 1. The summed E-state index contributed by atoms with van der Waals surface area (Å²) < 4.78 is 16.7. The number of aromatic nitrogens is 3. The van der Waals surface area contributed by atoms with Gasteiger partial charge in [0.25, 0.3) is 0 Å². The van der Waals surface area contributed by atoms with Gasteiger partial charge in [-0.15, -0.1) is 5.10 Å². The molecule has 1 atom stereocenters. The van der Waals surface area contributed by atoms with Crippen LogP contribution in [0.4, 0.5) is 0 Å². The van der Waals surface area contributed by atoms with E-state index in [9.17, 15) is 9.59 Å². The first kappa shape index (κ1) is 16.7. The Morgan fingerprint density at radius 2 is 2.04 bits per heavy atom. The molecular weight excluding hydrogens is 328 g/mol. The smallest absolute Gasteiger partial charge is 0.328 e. The average molecular weight is 346 g/mol. The van der Waals surface area contributed by atoms with Gasteiger partial charge in [0.1, 0.15) is 29.8 Å². The molecular formula is C16H18N4O5. The Balaban J connectivity index is 1.70. The van der Waals surface area contributed by atoms with Gasteiger partial charge in [-0.3, -0.25) is 4.79 Å². The molecule has 1 saturated heterocycles. The molecule has 2 heterocycles. The summed E-state index contributed by atoms with van der Waals surface area (Å²) in [7, 11) is 3.13. The summed E-state index contributed by atoms with van der Waals surface area (Å²) in [6, 6.07) is 4.76. The van der Waals surface area contributed by atoms with E-state index in [1.54, 1.807) is 38.6 Å². The van der Waals surface area contributed by atoms with Crippen molar-refractivity contribution in [1.29, 1.82) is 0 Å². The molecule has 9 nitrogen and oxygen atoms in total. The molecule has 1 aromatic carbocycles. The quantitative estimate of drug-likeness (QED) is 0.755. The minimum absolute atomic E-state index is 0.0438. The molecule has 1 fully saturated rings. The largest absolute Gasteiger partial charge is 0.497 e. The molecule has 1 aliphatic rings. The third kappa shape index (κ3) is 3.87. The minimum Gasteiger partial charge on any atom is -0.497 e. The van der Waals surface area contributed by atoms with Gasteiger partial charge in [-0.2, -0.15) is 0 Å². The lowest BCUT2D eigenvalue weighted by Crippen LogP contribution is -2.39. The number of hydrogen-bond donors (Lipinski definition) is 1. The monoisotopic (exact) mass is 346 g/mol. The number of methoxy groups -OCH3 is 2. The van der Waals surface area contributed by atoms with Gasteiger partial charge in [0.2, 0.25) is 5.91 Å². The molecule has 0 aliphatic carbocycles. The van der Waals surface area contributed by atoms with E-state index < -0.39 is 12.0 Å². The van der Waals surface area contributed by atoms with Crippen LogP contribution in [0.15, 0.2) is 24.4 Å². The molecule has 0 bridgehead atoms. The molecule has 0 unspecified atom stereocenters. The lowest BCUT2D eigenvalue weighted by Gasteiger charge is -2.08. The highest BCUT2D eigenvalue weighted by Gasteiger charge is 2.27. The van der Waals surface area contributed by atoms with E-state index in [0.29, 0.717) is 30.2 Å². The first-order valence-electron chi connectivity index (χ1n) is 7.68. The summed E-state index contributed by atoms with van der Waals surface area (Å²) in [5, 5.41) is 10.6. The third-order valence-corrected chi connectivity index (χ3v) is 3.76. The predicted molar refractivity (Wildman–Crippen MR) is 86.1 cm³/mol. The zero-order chi connectivity index (χ0) is 17.8. The van der Waals surface area contributed by atoms with Crippen molar-refractivity contribution in [2.24, 2.45) is 0 Å². The second-order valence-electron chi connectivity index (χ2n) is 5.48. The number of hydrogen-bond acceptors (Lipinski definition) is 7. The summed E-state index contributed by atoms with van der Waals surface area (Å²) >= 11 is 0. The van der Waals surface area contributed by atoms with Crippen LogP contribution >= 0.6 is 0 Å². The van der Waals surface area contributed by atoms with Crippen LogP contribution in [-0.4, -0.2) is 53.7 Å². The molecule has 132 valence electrons. The van der Waals surface area contributed by atoms with E-state index in [4.69, 9.17) is 14.2 Å². The highest BCUT2D eigenvalue weighted by atomic mass is 16.5. The zero-order valence-corrected chi connectivity index (χ0v) is 13.9. The van der Waals surface area contributed by atoms with Gasteiger partial charge >= 0.3 is 5.97 Å². The topological polar surface area (TPSA) is 105 Å². The maximum absolute atomic E-state index is 12.0. The number of esters is 1. The van der Waals surface area contributed by atoms with Crippen LogP contribution in [0, 0.1) is 0 Å². The van der Waals surface area contributed by atoms with Gasteiger partial charge in [0.05, 0.1) is 27.0 Å². The third-order valence-electron chi connectivity index (χ3n) is 3.76. The number of carbonyl (C=O) groups is 2. The fourth-order valence-corrected chi connectivity index (χ4v) is 2.48. The molecule has 1 aromatic heterocycles. The molecule has 2 aromatic rings. The number of rotatable bonds is 6. The summed E-state index contributed by atoms with van der Waals surface area (Å²) in [4.78, 5) is 23.4. The molecule has 0 saturated carbocycles. The standard InChI is InChI=1S/C16H18N4O5/c1-23-11-5-10(6-12(7-11)24-2)14-8-20(19-18-14)9-15(21)17-13-3-4-25-16(13)22/h5-8,13H,3-4,9H2,1-2H3,(H,17,21)/t13-/m0/s1. The van der Waals surface area contributed by atoms with Gasteiger partial charge < -0.3 is 19.5 Å². The Morgan fingerprint density at radius 1 is 1.32 bits per heavy atom. The Kier molecular flexibility index (Phi) is 4.82. The van der Waals surface area contributed by atoms with Crippen molar-refractivity contribution < 1.29 is 23.8 Å². The molecule has 25 heavy (non-hydrogen) atoms. The number of nitrogens with one attached hydrogen (secondary N) is 1. The predicted octanol–water partition coefficient (Wildman–Crippen LogP) is 0.394. The van der Waals surface area contributed by atoms with E-state index in [2.05, 4.69) is 15.6 Å². The van der Waals surface area contributed by atoms with Gasteiger partial charge in [-0.05, 0) is 12.1 Å². The van der Waals surface area contributed by atoms with E-state index in [-0.39, 0.29) is 12.5 Å². The van der Waals surface area contributed by atoms with Crippen molar-refractivity contribution in [2.45, 2.75) is 19.0 Å². The molecule has 0 radical (unpaired) electrons. The van der Waals surface area contributed by atoms with Crippen molar-refractivity contribution in [2.75, 3.05) is 20.8 Å². The number of carbonyl (C=O) groups excluding carboxylic acids is 2. The Morgan fingerprint density at radius 3 is 2.64 bits per heavy atom. The van der Waals surface area contributed by atoms with Crippen molar-refractivity contribution in [3.05, 3.63) is 24.4 Å². The Labute approximate surface area is 143 Å². The maximum Gasteiger partial charge on any atom is 0.328 e. The summed E-state index contributed by atoms with van der Waals surface area (Å²) in [6.07, 6.45) is 2.12. The fourth-order valence-electron chi connectivity index (χ4n) is 2.48. The molecule has 1 aliphatic heterocycles. The van der Waals surface area contributed by atoms with Crippen LogP contribution in [0.2, 0.25) is 0 Å². The van der Waals surface area contributed by atoms with Crippen molar-refractivity contribution in [3.8, 4) is 22.8 Å². The highest BCUT2D eigenvalue weighted by Crippen LogP contribution is 2.28. The van der Waals surface area contributed by atoms with E-state index in [1.165, 1.54) is 4.68 Å². The van der Waals surface area contributed by atoms with Crippen LogP contribution in [0.3, 0.4) is 0 Å². The Bertz CT molecular complexity index is 766. The van der Waals surface area contributed by atoms with Crippen LogP contribution in [-0.2, 0) is 20.9 Å². The van der Waals surface area contributed by atoms with Gasteiger partial charge in [-0.25, -0.2) is 9.48 Å². The lowest BCUT2D eigenvalue weighted by atomic mass is 10.1. The molecule has 1 N–H and O–H groups in total. The second-order valence-corrected chi connectivity index (χ2v) is 5.48. The van der Waals surface area contributed by atoms with Crippen molar-refractivity contribution in [1.82, 2.24) is 20.3 Å². The van der Waals surface area contributed by atoms with Gasteiger partial charge in [0.15, 0.2) is 0 Å². The van der Waals surface area contributed by atoms with Crippen LogP contribution in [0.1, 0.15) is 6.42 Å². The average Bonchev–Trinajstić information content (AvgIpc) is 3.24. The van der Waals surface area contributed by atoms with E-state index >= 15 is 0 Å². The number of amides is 1. The maximum atomic E-state index is 12.0. The minimum atomic E-state index is -0.585. The summed E-state index contributed by atoms with van der Waals surface area (Å²) in [6.45, 7) is 0.285. The van der Waals surface area contributed by atoms with Crippen LogP contribution in [0.25, 0.3) is 11.3 Å². The second kappa shape index (κ2) is 7.20. The molecule has 9 heteroatoms. The van der Waals surface area contributed by atoms with Crippen molar-refractivity contribution >= 4 is 11.9 Å². The van der Waals surface area contributed by atoms with E-state index in [0.717, 1.165) is 5.56 Å². The van der Waals surface area contributed by atoms with Crippen molar-refractivity contribution in [3.63, 3.8) is 0 Å². The van der Waals surface area contributed by atoms with Crippen LogP contribution < -0.4 is 14.8 Å². The first-order valence-corrected chi connectivity index (χ1v) is 7.68. The normalized spacial score (nSPS) is 16.4. The summed E-state index contributed by atoms with van der Waals surface area (Å²) in [5.41, 5.74) is 1.33. The fraction of sp³-hybridized carbons (Fsp3) is 0.375.